The molecule has 2 bridgehead atoms. The number of hydrazone groups is 1. The fraction of sp³-hybridized carbons (Fsp3) is 0.250. The molecule has 0 radical (unpaired) electrons. The number of nitrogens with zero attached hydrogens (tertiary/aromatic N) is 2. The lowest BCUT2D eigenvalue weighted by molar-refractivity contribution is -0.140. The molecule has 7 nitrogen and oxygen atoms in total. The Labute approximate surface area is 193 Å². The van der Waals surface area contributed by atoms with Crippen LogP contribution in [0.25, 0.3) is 0 Å². The second-order valence-corrected chi connectivity index (χ2v) is 9.03. The molecule has 1 aliphatic heterocycles. The first-order chi connectivity index (χ1) is 15.5. The SMILES string of the molecule is O=C(COc1ccc(Br)cc1C=NN1C(=O)C2C3C=CC(C3)C2C1=O)Nc1ccccc1. The maximum Gasteiger partial charge on any atom is 0.262 e. The summed E-state index contributed by atoms with van der Waals surface area (Å²) in [5.41, 5.74) is 1.23. The topological polar surface area (TPSA) is 88.1 Å². The number of benzene rings is 2. The molecule has 1 heterocycles. The van der Waals surface area contributed by atoms with Crippen molar-refractivity contribution in [3.05, 3.63) is 70.7 Å². The smallest absolute Gasteiger partial charge is 0.262 e. The fourth-order valence-corrected chi connectivity index (χ4v) is 5.11. The van der Waals surface area contributed by atoms with Crippen LogP contribution in [0.1, 0.15) is 12.0 Å². The van der Waals surface area contributed by atoms with E-state index in [-0.39, 0.29) is 48.0 Å². The van der Waals surface area contributed by atoms with Gasteiger partial charge in [-0.3, -0.25) is 14.4 Å². The van der Waals surface area contributed by atoms with Gasteiger partial charge < -0.3 is 10.1 Å². The average Bonchev–Trinajstić information content (AvgIpc) is 3.47. The van der Waals surface area contributed by atoms with Crippen molar-refractivity contribution in [3.8, 4) is 5.75 Å². The Hall–Kier alpha value is -3.26. The van der Waals surface area contributed by atoms with Gasteiger partial charge in [0.25, 0.3) is 17.7 Å². The summed E-state index contributed by atoms with van der Waals surface area (Å²) in [5, 5.41) is 7.96. The van der Waals surface area contributed by atoms with E-state index >= 15 is 0 Å². The lowest BCUT2D eigenvalue weighted by Crippen LogP contribution is -2.28. The molecule has 5 rings (SSSR count). The number of nitrogens with one attached hydrogen (secondary N) is 1. The molecule has 32 heavy (non-hydrogen) atoms. The average molecular weight is 494 g/mol. The van der Waals surface area contributed by atoms with Crippen LogP contribution in [0.2, 0.25) is 0 Å². The molecule has 8 heteroatoms. The monoisotopic (exact) mass is 493 g/mol. The van der Waals surface area contributed by atoms with Crippen LogP contribution in [0.4, 0.5) is 5.69 Å². The van der Waals surface area contributed by atoms with Crippen LogP contribution in [-0.2, 0) is 14.4 Å². The Morgan fingerprint density at radius 1 is 1.09 bits per heavy atom. The Balaban J connectivity index is 1.29. The Morgan fingerprint density at radius 3 is 2.47 bits per heavy atom. The summed E-state index contributed by atoms with van der Waals surface area (Å²) in [6.45, 7) is -0.196. The highest BCUT2D eigenvalue weighted by molar-refractivity contribution is 9.10. The van der Waals surface area contributed by atoms with Crippen molar-refractivity contribution in [2.24, 2.45) is 28.8 Å². The third-order valence-electron chi connectivity index (χ3n) is 6.15. The second-order valence-electron chi connectivity index (χ2n) is 8.12. The van der Waals surface area contributed by atoms with Crippen molar-refractivity contribution in [2.75, 3.05) is 11.9 Å². The first-order valence-corrected chi connectivity index (χ1v) is 11.2. The van der Waals surface area contributed by atoms with Crippen molar-refractivity contribution >= 4 is 45.6 Å². The molecule has 1 saturated carbocycles. The lowest BCUT2D eigenvalue weighted by Gasteiger charge is -2.13. The van der Waals surface area contributed by atoms with Gasteiger partial charge in [0, 0.05) is 15.7 Å². The highest BCUT2D eigenvalue weighted by Crippen LogP contribution is 2.52. The van der Waals surface area contributed by atoms with Gasteiger partial charge in [0.1, 0.15) is 5.75 Å². The third-order valence-corrected chi connectivity index (χ3v) is 6.64. The van der Waals surface area contributed by atoms with Gasteiger partial charge in [-0.25, -0.2) is 0 Å². The molecule has 162 valence electrons. The summed E-state index contributed by atoms with van der Waals surface area (Å²) >= 11 is 3.41. The Bertz CT molecular complexity index is 1120. The lowest BCUT2D eigenvalue weighted by atomic mass is 9.85. The highest BCUT2D eigenvalue weighted by Gasteiger charge is 2.59. The fourth-order valence-electron chi connectivity index (χ4n) is 4.73. The van der Waals surface area contributed by atoms with Gasteiger partial charge in [-0.05, 0) is 48.6 Å². The minimum absolute atomic E-state index is 0.134. The van der Waals surface area contributed by atoms with E-state index in [1.165, 1.54) is 6.21 Å². The molecule has 2 fully saturated rings. The molecule has 0 aromatic heterocycles. The minimum Gasteiger partial charge on any atom is -0.483 e. The first-order valence-electron chi connectivity index (χ1n) is 10.4. The van der Waals surface area contributed by atoms with Crippen LogP contribution in [0.3, 0.4) is 0 Å². The maximum atomic E-state index is 12.8. The van der Waals surface area contributed by atoms with Gasteiger partial charge >= 0.3 is 0 Å². The van der Waals surface area contributed by atoms with Crippen LogP contribution in [0.15, 0.2) is 70.3 Å². The van der Waals surface area contributed by atoms with E-state index in [0.717, 1.165) is 15.9 Å². The van der Waals surface area contributed by atoms with E-state index in [9.17, 15) is 14.4 Å². The molecule has 2 aromatic rings. The number of fused-ring (bicyclic) bond motifs is 5. The van der Waals surface area contributed by atoms with Crippen molar-refractivity contribution in [2.45, 2.75) is 6.42 Å². The molecule has 3 aliphatic rings. The third kappa shape index (κ3) is 3.75. The summed E-state index contributed by atoms with van der Waals surface area (Å²) in [7, 11) is 0. The summed E-state index contributed by atoms with van der Waals surface area (Å²) < 4.78 is 6.47. The molecule has 2 aliphatic carbocycles. The van der Waals surface area contributed by atoms with E-state index in [1.54, 1.807) is 30.3 Å². The number of anilines is 1. The number of halogens is 1. The standard InChI is InChI=1S/C24H20BrN3O4/c25-17-8-9-19(32-13-20(29)27-18-4-2-1-3-5-18)16(11-17)12-26-28-23(30)21-14-6-7-15(10-14)22(21)24(28)31/h1-9,11-12,14-15,21-22H,10,13H2,(H,27,29). The molecule has 1 saturated heterocycles. The number of imide groups is 1. The number of carbonyl (C=O) groups is 3. The van der Waals surface area contributed by atoms with Crippen molar-refractivity contribution in [1.29, 1.82) is 0 Å². The highest BCUT2D eigenvalue weighted by atomic mass is 79.9. The van der Waals surface area contributed by atoms with Crippen LogP contribution >= 0.6 is 15.9 Å². The Kier molecular flexibility index (Phi) is 5.38. The van der Waals surface area contributed by atoms with Crippen molar-refractivity contribution < 1.29 is 19.1 Å². The zero-order valence-corrected chi connectivity index (χ0v) is 18.6. The molecule has 3 amide bonds. The number of hydrogen-bond acceptors (Lipinski definition) is 5. The zero-order valence-electron chi connectivity index (χ0n) is 17.0. The molecule has 0 spiro atoms. The van der Waals surface area contributed by atoms with Crippen molar-refractivity contribution in [3.63, 3.8) is 0 Å². The summed E-state index contributed by atoms with van der Waals surface area (Å²) in [6.07, 6.45) is 6.40. The van der Waals surface area contributed by atoms with Crippen LogP contribution in [-0.4, -0.2) is 35.6 Å². The first kappa shape index (κ1) is 20.6. The molecular formula is C24H20BrN3O4. The molecule has 2 aromatic carbocycles. The predicted molar refractivity (Wildman–Crippen MR) is 122 cm³/mol. The zero-order chi connectivity index (χ0) is 22.2. The molecule has 4 atom stereocenters. The molecule has 1 N–H and O–H groups in total. The number of carbonyl (C=O) groups excluding carboxylic acids is 3. The maximum absolute atomic E-state index is 12.8. The quantitative estimate of drug-likeness (QED) is 0.378. The van der Waals surface area contributed by atoms with Crippen LogP contribution in [0, 0.1) is 23.7 Å². The van der Waals surface area contributed by atoms with Gasteiger partial charge in [0.05, 0.1) is 18.1 Å². The van der Waals surface area contributed by atoms with E-state index in [1.807, 2.05) is 30.4 Å². The second kappa shape index (κ2) is 8.35. The van der Waals surface area contributed by atoms with Gasteiger partial charge in [-0.1, -0.05) is 46.3 Å². The van der Waals surface area contributed by atoms with Gasteiger partial charge in [0.15, 0.2) is 6.61 Å². The molecular weight excluding hydrogens is 474 g/mol. The number of ether oxygens (including phenoxy) is 1. The molecule has 4 unspecified atom stereocenters. The van der Waals surface area contributed by atoms with Gasteiger partial charge in [0.2, 0.25) is 0 Å². The van der Waals surface area contributed by atoms with Crippen LogP contribution < -0.4 is 10.1 Å². The largest absolute Gasteiger partial charge is 0.483 e. The van der Waals surface area contributed by atoms with E-state index in [0.29, 0.717) is 17.0 Å². The van der Waals surface area contributed by atoms with E-state index in [2.05, 4.69) is 26.3 Å². The predicted octanol–water partition coefficient (Wildman–Crippen LogP) is 3.61. The van der Waals surface area contributed by atoms with Gasteiger partial charge in [-0.2, -0.15) is 10.1 Å². The van der Waals surface area contributed by atoms with E-state index in [4.69, 9.17) is 4.74 Å². The number of rotatable bonds is 6. The van der Waals surface area contributed by atoms with Crippen LogP contribution in [0.5, 0.6) is 5.75 Å². The summed E-state index contributed by atoms with van der Waals surface area (Å²) in [5.74, 6) is -0.697. The minimum atomic E-state index is -0.303. The number of para-hydroxylation sites is 1. The normalized spacial score (nSPS) is 25.6. The summed E-state index contributed by atoms with van der Waals surface area (Å²) in [6, 6.07) is 14.3. The van der Waals surface area contributed by atoms with Gasteiger partial charge in [-0.15, -0.1) is 0 Å². The number of hydrogen-bond donors (Lipinski definition) is 1. The van der Waals surface area contributed by atoms with E-state index < -0.39 is 0 Å². The summed E-state index contributed by atoms with van der Waals surface area (Å²) in [4.78, 5) is 37.8. The number of amides is 3. The van der Waals surface area contributed by atoms with Crippen molar-refractivity contribution in [1.82, 2.24) is 5.01 Å². The number of allylic oxidation sites excluding steroid dienone is 2. The Morgan fingerprint density at radius 2 is 1.78 bits per heavy atom.